The first-order valence-electron chi connectivity index (χ1n) is 6.16. The summed E-state index contributed by atoms with van der Waals surface area (Å²) in [6.07, 6.45) is 2.56. The van der Waals surface area contributed by atoms with Crippen LogP contribution in [0.25, 0.3) is 0 Å². The van der Waals surface area contributed by atoms with Crippen molar-refractivity contribution in [2.24, 2.45) is 0 Å². The fourth-order valence-electron chi connectivity index (χ4n) is 1.96. The molecule has 1 heterocycles. The van der Waals surface area contributed by atoms with Gasteiger partial charge in [0.25, 0.3) is 0 Å². The highest BCUT2D eigenvalue weighted by Crippen LogP contribution is 2.23. The number of benzene rings is 1. The normalized spacial score (nSPS) is 10.7. The Morgan fingerprint density at radius 2 is 2.21 bits per heavy atom. The second-order valence-electron chi connectivity index (χ2n) is 4.48. The number of nitrogen functional groups attached to an aromatic ring is 1. The molecule has 0 radical (unpaired) electrons. The molecule has 19 heavy (non-hydrogen) atoms. The zero-order valence-corrected chi connectivity index (χ0v) is 12.6. The van der Waals surface area contributed by atoms with Crippen LogP contribution in [0, 0.1) is 6.92 Å². The first-order valence-corrected chi connectivity index (χ1v) is 6.96. The molecule has 4 nitrogen and oxygen atoms in total. The number of carbonyl (C=O) groups excluding carboxylic acids is 1. The van der Waals surface area contributed by atoms with Gasteiger partial charge in [0.2, 0.25) is 5.78 Å². The second kappa shape index (κ2) is 5.57. The molecule has 0 amide bonds. The molecule has 0 aliphatic heterocycles. The predicted octanol–water partition coefficient (Wildman–Crippen LogP) is 3.18. The van der Waals surface area contributed by atoms with Crippen LogP contribution in [0.5, 0.6) is 0 Å². The molecule has 0 aliphatic rings. The summed E-state index contributed by atoms with van der Waals surface area (Å²) in [4.78, 5) is 12.6. The first kappa shape index (κ1) is 13.8. The van der Waals surface area contributed by atoms with Gasteiger partial charge in [-0.2, -0.15) is 5.10 Å². The van der Waals surface area contributed by atoms with Gasteiger partial charge in [-0.15, -0.1) is 0 Å². The summed E-state index contributed by atoms with van der Waals surface area (Å²) < 4.78 is 2.42. The molecule has 0 saturated carbocycles. The average Bonchev–Trinajstić information content (AvgIpc) is 2.73. The molecule has 0 saturated heterocycles. The highest BCUT2D eigenvalue weighted by molar-refractivity contribution is 9.10. The lowest BCUT2D eigenvalue weighted by molar-refractivity contribution is 0.102. The van der Waals surface area contributed by atoms with Crippen LogP contribution in [-0.2, 0) is 6.54 Å². The summed E-state index contributed by atoms with van der Waals surface area (Å²) in [5.41, 5.74) is 8.49. The average molecular weight is 322 g/mol. The van der Waals surface area contributed by atoms with Crippen molar-refractivity contribution in [1.29, 1.82) is 0 Å². The molecule has 2 N–H and O–H groups in total. The topological polar surface area (TPSA) is 60.9 Å². The predicted molar refractivity (Wildman–Crippen MR) is 79.2 cm³/mol. The highest BCUT2D eigenvalue weighted by atomic mass is 79.9. The maximum atomic E-state index is 12.6. The largest absolute Gasteiger partial charge is 0.398 e. The molecule has 5 heteroatoms. The van der Waals surface area contributed by atoms with E-state index in [0.29, 0.717) is 28.0 Å². The van der Waals surface area contributed by atoms with Crippen molar-refractivity contribution in [3.8, 4) is 0 Å². The van der Waals surface area contributed by atoms with Crippen LogP contribution in [0.1, 0.15) is 35.0 Å². The number of hydrogen-bond acceptors (Lipinski definition) is 3. The van der Waals surface area contributed by atoms with Gasteiger partial charge < -0.3 is 5.73 Å². The lowest BCUT2D eigenvalue weighted by Crippen LogP contribution is -2.13. The quantitative estimate of drug-likeness (QED) is 0.695. The Kier molecular flexibility index (Phi) is 4.04. The Morgan fingerprint density at radius 3 is 2.89 bits per heavy atom. The van der Waals surface area contributed by atoms with Crippen LogP contribution in [0.2, 0.25) is 0 Å². The van der Waals surface area contributed by atoms with Crippen molar-refractivity contribution in [3.05, 3.63) is 45.7 Å². The fourth-order valence-corrected chi connectivity index (χ4v) is 2.44. The Morgan fingerprint density at radius 1 is 1.47 bits per heavy atom. The summed E-state index contributed by atoms with van der Waals surface area (Å²) in [6.45, 7) is 4.69. The van der Waals surface area contributed by atoms with E-state index in [9.17, 15) is 4.79 Å². The molecular formula is C14H16BrN3O. The molecule has 0 spiro atoms. The molecule has 0 bridgehead atoms. The maximum absolute atomic E-state index is 12.6. The summed E-state index contributed by atoms with van der Waals surface area (Å²) in [5, 5.41) is 4.21. The van der Waals surface area contributed by atoms with Gasteiger partial charge in [0.15, 0.2) is 0 Å². The number of hydrogen-bond donors (Lipinski definition) is 1. The monoisotopic (exact) mass is 321 g/mol. The van der Waals surface area contributed by atoms with Gasteiger partial charge in [-0.05, 0) is 41.4 Å². The Balaban J connectivity index is 2.49. The third-order valence-electron chi connectivity index (χ3n) is 2.90. The lowest BCUT2D eigenvalue weighted by Gasteiger charge is -2.09. The van der Waals surface area contributed by atoms with Gasteiger partial charge in [0.05, 0.1) is 10.7 Å². The van der Waals surface area contributed by atoms with E-state index in [1.165, 1.54) is 0 Å². The molecule has 0 fully saturated rings. The van der Waals surface area contributed by atoms with E-state index in [1.807, 2.05) is 26.0 Å². The number of aromatic nitrogens is 2. The number of anilines is 1. The SMILES string of the molecule is CCCn1ncc(Br)c1C(=O)c1cc(C)ccc1N. The van der Waals surface area contributed by atoms with E-state index in [2.05, 4.69) is 21.0 Å². The van der Waals surface area contributed by atoms with Crippen molar-refractivity contribution in [2.75, 3.05) is 5.73 Å². The zero-order chi connectivity index (χ0) is 14.0. The number of rotatable bonds is 4. The summed E-state index contributed by atoms with van der Waals surface area (Å²) >= 11 is 3.38. The van der Waals surface area contributed by atoms with E-state index in [1.54, 1.807) is 16.9 Å². The summed E-state index contributed by atoms with van der Waals surface area (Å²) in [5.74, 6) is -0.0981. The third-order valence-corrected chi connectivity index (χ3v) is 3.48. The standard InChI is InChI=1S/C14H16BrN3O/c1-3-6-18-13(11(15)8-17-18)14(19)10-7-9(2)4-5-12(10)16/h4-5,7-8H,3,6,16H2,1-2H3. The molecule has 1 aromatic heterocycles. The third kappa shape index (κ3) is 2.71. The van der Waals surface area contributed by atoms with E-state index in [4.69, 9.17) is 5.73 Å². The van der Waals surface area contributed by atoms with E-state index >= 15 is 0 Å². The van der Waals surface area contributed by atoms with Crippen LogP contribution in [0.4, 0.5) is 5.69 Å². The van der Waals surface area contributed by atoms with Crippen LogP contribution in [0.15, 0.2) is 28.9 Å². The van der Waals surface area contributed by atoms with E-state index < -0.39 is 0 Å². The molecule has 0 aliphatic carbocycles. The van der Waals surface area contributed by atoms with Crippen LogP contribution in [0.3, 0.4) is 0 Å². The van der Waals surface area contributed by atoms with Crippen molar-refractivity contribution in [2.45, 2.75) is 26.8 Å². The molecule has 100 valence electrons. The van der Waals surface area contributed by atoms with Crippen molar-refractivity contribution >= 4 is 27.4 Å². The highest BCUT2D eigenvalue weighted by Gasteiger charge is 2.20. The van der Waals surface area contributed by atoms with Gasteiger partial charge in [-0.25, -0.2) is 0 Å². The second-order valence-corrected chi connectivity index (χ2v) is 5.34. The summed E-state index contributed by atoms with van der Waals surface area (Å²) in [7, 11) is 0. The number of halogens is 1. The first-order chi connectivity index (χ1) is 9.04. The number of ketones is 1. The molecule has 2 rings (SSSR count). The minimum Gasteiger partial charge on any atom is -0.398 e. The van der Waals surface area contributed by atoms with Crippen LogP contribution in [-0.4, -0.2) is 15.6 Å². The number of nitrogens with two attached hydrogens (primary N) is 1. The van der Waals surface area contributed by atoms with Gasteiger partial charge in [0, 0.05) is 17.8 Å². The number of nitrogens with zero attached hydrogens (tertiary/aromatic N) is 2. The molecule has 0 atom stereocenters. The van der Waals surface area contributed by atoms with E-state index in [0.717, 1.165) is 12.0 Å². The Hall–Kier alpha value is -1.62. The van der Waals surface area contributed by atoms with Crippen molar-refractivity contribution in [1.82, 2.24) is 9.78 Å². The number of carbonyl (C=O) groups is 1. The van der Waals surface area contributed by atoms with Crippen molar-refractivity contribution in [3.63, 3.8) is 0 Å². The van der Waals surface area contributed by atoms with Gasteiger partial charge in [-0.3, -0.25) is 9.48 Å². The lowest BCUT2D eigenvalue weighted by atomic mass is 10.0. The molecule has 0 unspecified atom stereocenters. The molecule has 1 aromatic carbocycles. The Labute approximate surface area is 120 Å². The molecular weight excluding hydrogens is 306 g/mol. The minimum atomic E-state index is -0.0981. The van der Waals surface area contributed by atoms with Crippen LogP contribution >= 0.6 is 15.9 Å². The minimum absolute atomic E-state index is 0.0981. The van der Waals surface area contributed by atoms with Crippen LogP contribution < -0.4 is 5.73 Å². The van der Waals surface area contributed by atoms with Gasteiger partial charge >= 0.3 is 0 Å². The Bertz CT molecular complexity index is 619. The number of aryl methyl sites for hydroxylation is 2. The molecule has 2 aromatic rings. The maximum Gasteiger partial charge on any atom is 0.214 e. The van der Waals surface area contributed by atoms with Crippen molar-refractivity contribution < 1.29 is 4.79 Å². The van der Waals surface area contributed by atoms with Gasteiger partial charge in [0.1, 0.15) is 5.69 Å². The fraction of sp³-hybridized carbons (Fsp3) is 0.286. The van der Waals surface area contributed by atoms with Gasteiger partial charge in [-0.1, -0.05) is 18.6 Å². The smallest absolute Gasteiger partial charge is 0.214 e. The van der Waals surface area contributed by atoms with E-state index in [-0.39, 0.29) is 5.78 Å². The summed E-state index contributed by atoms with van der Waals surface area (Å²) in [6, 6.07) is 5.47. The zero-order valence-electron chi connectivity index (χ0n) is 11.0.